The zero-order chi connectivity index (χ0) is 42.5. The molecule has 0 saturated heterocycles. The zero-order valence-electron chi connectivity index (χ0n) is 36.0. The van der Waals surface area contributed by atoms with Gasteiger partial charge in [-0.3, -0.25) is 9.97 Å². The molecule has 0 saturated carbocycles. The molecule has 0 amide bonds. The summed E-state index contributed by atoms with van der Waals surface area (Å²) >= 11 is 0. The van der Waals surface area contributed by atoms with Crippen LogP contribution < -0.4 is 0 Å². The Kier molecular flexibility index (Phi) is 8.21. The number of rotatable bonds is 5. The molecule has 0 N–H and O–H groups in total. The second-order valence-electron chi connectivity index (χ2n) is 18.4. The lowest BCUT2D eigenvalue weighted by molar-refractivity contribution is 0.591. The highest BCUT2D eigenvalue weighted by molar-refractivity contribution is 6.23. The predicted octanol–water partition coefficient (Wildman–Crippen LogP) is 16.0. The third kappa shape index (κ3) is 5.67. The van der Waals surface area contributed by atoms with Crippen molar-refractivity contribution in [1.29, 1.82) is 0 Å². The maximum absolute atomic E-state index is 4.84. The molecular formula is C61H45N3. The molecule has 304 valence electrons. The third-order valence-corrected chi connectivity index (χ3v) is 14.6. The summed E-state index contributed by atoms with van der Waals surface area (Å²) in [6, 6.07) is 56.7. The minimum Gasteiger partial charge on any atom is -0.313 e. The van der Waals surface area contributed by atoms with Crippen LogP contribution in [-0.4, -0.2) is 14.5 Å². The molecule has 13 rings (SSSR count). The van der Waals surface area contributed by atoms with Gasteiger partial charge in [0.15, 0.2) is 0 Å². The molecule has 2 heterocycles. The maximum Gasteiger partial charge on any atom is 0.0971 e. The molecule has 10 aromatic rings. The highest BCUT2D eigenvalue weighted by Crippen LogP contribution is 2.53. The van der Waals surface area contributed by atoms with E-state index in [4.69, 9.17) is 9.97 Å². The molecule has 2 aromatic heterocycles. The summed E-state index contributed by atoms with van der Waals surface area (Å²) in [5, 5.41) is 7.31. The molecule has 64 heavy (non-hydrogen) atoms. The summed E-state index contributed by atoms with van der Waals surface area (Å²) < 4.78 is 2.46. The monoisotopic (exact) mass is 819 g/mol. The number of aromatic nitrogens is 3. The molecule has 0 spiro atoms. The molecule has 0 radical (unpaired) electrons. The molecule has 0 bridgehead atoms. The fourth-order valence-electron chi connectivity index (χ4n) is 11.3. The number of benzene rings is 8. The van der Waals surface area contributed by atoms with Crippen LogP contribution in [0.5, 0.6) is 0 Å². The van der Waals surface area contributed by atoms with E-state index in [1.165, 1.54) is 99.5 Å². The van der Waals surface area contributed by atoms with Gasteiger partial charge in [-0.25, -0.2) is 0 Å². The number of allylic oxidation sites excluding steroid dienone is 8. The third-order valence-electron chi connectivity index (χ3n) is 14.6. The van der Waals surface area contributed by atoms with Crippen molar-refractivity contribution in [2.45, 2.75) is 44.4 Å². The Labute approximate surface area is 373 Å². The van der Waals surface area contributed by atoms with Crippen molar-refractivity contribution in [3.8, 4) is 33.4 Å². The Hall–Kier alpha value is -7.62. The van der Waals surface area contributed by atoms with Crippen LogP contribution in [0.3, 0.4) is 0 Å². The SMILES string of the molecule is CC1(C)C2=C(C=CC(c3cccc(-c4ccc(-c5ccc6c(c5)c5ccccc5n6C5=CC=CCC5)cc4)c3)C2)c2ccc(-c3ccc4c5ccccc5c5nccnc5c4c3)cc21. The Morgan fingerprint density at radius 1 is 0.547 bits per heavy atom. The first-order chi connectivity index (χ1) is 31.5. The minimum absolute atomic E-state index is 0.0925. The van der Waals surface area contributed by atoms with Crippen molar-refractivity contribution in [2.75, 3.05) is 0 Å². The maximum atomic E-state index is 4.84. The van der Waals surface area contributed by atoms with Crippen LogP contribution in [0.25, 0.3) is 99.0 Å². The first kappa shape index (κ1) is 37.0. The largest absolute Gasteiger partial charge is 0.313 e. The number of para-hydroxylation sites is 1. The number of fused-ring (bicyclic) bond motifs is 11. The van der Waals surface area contributed by atoms with Crippen LogP contribution in [0, 0.1) is 0 Å². The highest BCUT2D eigenvalue weighted by Gasteiger charge is 2.39. The van der Waals surface area contributed by atoms with Gasteiger partial charge in [-0.1, -0.05) is 165 Å². The van der Waals surface area contributed by atoms with E-state index in [1.807, 2.05) is 6.20 Å². The van der Waals surface area contributed by atoms with E-state index in [9.17, 15) is 0 Å². The normalized spacial score (nSPS) is 16.6. The van der Waals surface area contributed by atoms with Gasteiger partial charge in [0.2, 0.25) is 0 Å². The Morgan fingerprint density at radius 3 is 2.00 bits per heavy atom. The summed E-state index contributed by atoms with van der Waals surface area (Å²) in [6.45, 7) is 4.84. The van der Waals surface area contributed by atoms with Crippen molar-refractivity contribution < 1.29 is 0 Å². The summed E-state index contributed by atoms with van der Waals surface area (Å²) in [5.74, 6) is 0.310. The van der Waals surface area contributed by atoms with E-state index in [0.29, 0.717) is 5.92 Å². The van der Waals surface area contributed by atoms with E-state index < -0.39 is 0 Å². The smallest absolute Gasteiger partial charge is 0.0971 e. The van der Waals surface area contributed by atoms with Gasteiger partial charge in [0.05, 0.1) is 22.1 Å². The van der Waals surface area contributed by atoms with Gasteiger partial charge < -0.3 is 4.57 Å². The summed E-state index contributed by atoms with van der Waals surface area (Å²) in [4.78, 5) is 9.62. The molecule has 3 aliphatic rings. The van der Waals surface area contributed by atoms with Crippen molar-refractivity contribution in [2.24, 2.45) is 0 Å². The van der Waals surface area contributed by atoms with Gasteiger partial charge >= 0.3 is 0 Å². The molecule has 3 nitrogen and oxygen atoms in total. The van der Waals surface area contributed by atoms with Crippen LogP contribution in [0.15, 0.2) is 200 Å². The van der Waals surface area contributed by atoms with E-state index >= 15 is 0 Å². The Bertz CT molecular complexity index is 3690. The molecule has 3 aliphatic carbocycles. The van der Waals surface area contributed by atoms with Gasteiger partial charge in [-0.05, 0) is 122 Å². The quantitative estimate of drug-likeness (QED) is 0.162. The fraction of sp³-hybridized carbons (Fsp3) is 0.115. The molecule has 3 heteroatoms. The number of hydrogen-bond acceptors (Lipinski definition) is 2. The van der Waals surface area contributed by atoms with Gasteiger partial charge in [0, 0.05) is 51.0 Å². The molecular weight excluding hydrogens is 775 g/mol. The topological polar surface area (TPSA) is 30.7 Å². The Balaban J connectivity index is 0.774. The lowest BCUT2D eigenvalue weighted by Gasteiger charge is -2.29. The molecule has 0 fully saturated rings. The van der Waals surface area contributed by atoms with Crippen LogP contribution in [0.1, 0.15) is 55.7 Å². The average Bonchev–Trinajstić information content (AvgIpc) is 3.81. The molecule has 1 unspecified atom stereocenters. The second-order valence-corrected chi connectivity index (χ2v) is 18.4. The van der Waals surface area contributed by atoms with Gasteiger partial charge in [0.1, 0.15) is 0 Å². The first-order valence-corrected chi connectivity index (χ1v) is 22.7. The standard InChI is InChI=1S/C61H45N3/c1-61(2)55-36-44(24-28-49(55)50-29-25-45(37-56(50)61)43-23-27-48-47-15-6-7-17-52(47)59-60(54(48)35-43)63-32-31-62-59)41-12-10-11-40(33-41)38-19-21-39(22-20-38)42-26-30-58-53(34-42)51-16-8-9-18-57(51)64(58)46-13-4-3-5-14-46/h3-4,6-13,15-35,37,44H,5,14,36H2,1-2H3. The van der Waals surface area contributed by atoms with Gasteiger partial charge in [-0.15, -0.1) is 0 Å². The van der Waals surface area contributed by atoms with E-state index in [1.54, 1.807) is 6.20 Å². The highest BCUT2D eigenvalue weighted by atomic mass is 15.0. The lowest BCUT2D eigenvalue weighted by Crippen LogP contribution is -2.19. The van der Waals surface area contributed by atoms with Crippen molar-refractivity contribution >= 4 is 65.7 Å². The summed E-state index contributed by atoms with van der Waals surface area (Å²) in [7, 11) is 0. The molecule has 0 aliphatic heterocycles. The van der Waals surface area contributed by atoms with Crippen LogP contribution in [0.2, 0.25) is 0 Å². The predicted molar refractivity (Wildman–Crippen MR) is 269 cm³/mol. The minimum atomic E-state index is -0.0925. The number of hydrogen-bond donors (Lipinski definition) is 0. The van der Waals surface area contributed by atoms with Crippen LogP contribution >= 0.6 is 0 Å². The average molecular weight is 820 g/mol. The molecule has 1 atom stereocenters. The van der Waals surface area contributed by atoms with Gasteiger partial charge in [-0.2, -0.15) is 0 Å². The van der Waals surface area contributed by atoms with Crippen LogP contribution in [-0.2, 0) is 5.41 Å². The van der Waals surface area contributed by atoms with Crippen molar-refractivity contribution in [3.05, 3.63) is 217 Å². The van der Waals surface area contributed by atoms with E-state index in [0.717, 1.165) is 41.1 Å². The van der Waals surface area contributed by atoms with E-state index in [-0.39, 0.29) is 5.41 Å². The first-order valence-electron chi connectivity index (χ1n) is 22.7. The lowest BCUT2D eigenvalue weighted by atomic mass is 9.74. The zero-order valence-corrected chi connectivity index (χ0v) is 36.0. The Morgan fingerprint density at radius 2 is 1.19 bits per heavy atom. The summed E-state index contributed by atoms with van der Waals surface area (Å²) in [6.07, 6.45) is 18.3. The van der Waals surface area contributed by atoms with Crippen LogP contribution in [0.4, 0.5) is 0 Å². The fourth-order valence-corrected chi connectivity index (χ4v) is 11.3. The van der Waals surface area contributed by atoms with Crippen molar-refractivity contribution in [3.63, 3.8) is 0 Å². The van der Waals surface area contributed by atoms with Gasteiger partial charge in [0.25, 0.3) is 0 Å². The van der Waals surface area contributed by atoms with E-state index in [2.05, 4.69) is 200 Å². The second kappa shape index (κ2) is 14.2. The molecule has 8 aromatic carbocycles. The summed E-state index contributed by atoms with van der Waals surface area (Å²) in [5.41, 5.74) is 20.2. The number of nitrogens with zero attached hydrogens (tertiary/aromatic N) is 3. The van der Waals surface area contributed by atoms with Crippen molar-refractivity contribution in [1.82, 2.24) is 14.5 Å².